The highest BCUT2D eigenvalue weighted by Gasteiger charge is 2.17. The third kappa shape index (κ3) is 4.16. The molecule has 0 aliphatic carbocycles. The molecule has 21 heavy (non-hydrogen) atoms. The first-order valence-corrected chi connectivity index (χ1v) is 7.81. The molecule has 0 unspecified atom stereocenters. The topological polar surface area (TPSA) is 72.2 Å². The molecule has 1 aromatic heterocycles. The normalized spacial score (nSPS) is 10.4. The Morgan fingerprint density at radius 3 is 2.95 bits per heavy atom. The molecule has 0 aliphatic rings. The number of thioether (sulfide) groups is 1. The molecule has 0 bridgehead atoms. The second-order valence-electron chi connectivity index (χ2n) is 3.81. The minimum Gasteiger partial charge on any atom is -0.323 e. The summed E-state index contributed by atoms with van der Waals surface area (Å²) < 4.78 is 13.4. The van der Waals surface area contributed by atoms with Gasteiger partial charge in [0.25, 0.3) is 0 Å². The van der Waals surface area contributed by atoms with Crippen LogP contribution in [-0.2, 0) is 4.79 Å². The van der Waals surface area contributed by atoms with Crippen LogP contribution in [0.4, 0.5) is 15.1 Å². The van der Waals surface area contributed by atoms with E-state index in [9.17, 15) is 19.3 Å². The first kappa shape index (κ1) is 15.7. The predicted molar refractivity (Wildman–Crippen MR) is 81.7 cm³/mol. The summed E-state index contributed by atoms with van der Waals surface area (Å²) in [6.45, 7) is 0. The molecule has 1 aromatic carbocycles. The minimum atomic E-state index is -0.598. The summed E-state index contributed by atoms with van der Waals surface area (Å²) in [6, 6.07) is 5.39. The summed E-state index contributed by atoms with van der Waals surface area (Å²) in [4.78, 5) is 22.4. The van der Waals surface area contributed by atoms with Crippen molar-refractivity contribution in [1.82, 2.24) is 0 Å². The summed E-state index contributed by atoms with van der Waals surface area (Å²) in [5.41, 5.74) is -0.0204. The smallest absolute Gasteiger partial charge is 0.323 e. The monoisotopic (exact) mass is 346 g/mol. The standard InChI is InChI=1S/C12H8ClFN2O3S2/c13-7-1-2-8(14)9(5-7)15-11(17)6-21-10-3-4-20-12(10)16(18)19/h1-5H,6H2,(H,15,17). The molecule has 0 atom stereocenters. The van der Waals surface area contributed by atoms with Crippen molar-refractivity contribution in [3.8, 4) is 0 Å². The Bertz CT molecular complexity index is 693. The number of hydrogen-bond donors (Lipinski definition) is 1. The molecule has 1 amide bonds. The second-order valence-corrected chi connectivity index (χ2v) is 6.16. The van der Waals surface area contributed by atoms with Gasteiger partial charge in [-0.3, -0.25) is 14.9 Å². The zero-order valence-corrected chi connectivity index (χ0v) is 12.7. The van der Waals surface area contributed by atoms with Crippen molar-refractivity contribution >= 4 is 51.3 Å². The van der Waals surface area contributed by atoms with Crippen LogP contribution in [0.1, 0.15) is 0 Å². The van der Waals surface area contributed by atoms with Crippen molar-refractivity contribution in [1.29, 1.82) is 0 Å². The number of carbonyl (C=O) groups excluding carboxylic acids is 1. The lowest BCUT2D eigenvalue weighted by atomic mass is 10.3. The van der Waals surface area contributed by atoms with Gasteiger partial charge in [-0.1, -0.05) is 22.9 Å². The summed E-state index contributed by atoms with van der Waals surface area (Å²) in [6.07, 6.45) is 0. The van der Waals surface area contributed by atoms with E-state index in [0.29, 0.717) is 9.92 Å². The number of thiophene rings is 1. The highest BCUT2D eigenvalue weighted by molar-refractivity contribution is 8.00. The summed E-state index contributed by atoms with van der Waals surface area (Å²) in [5.74, 6) is -1.13. The fourth-order valence-electron chi connectivity index (χ4n) is 1.46. The highest BCUT2D eigenvalue weighted by atomic mass is 35.5. The average molecular weight is 347 g/mol. The molecule has 0 spiro atoms. The number of halogens is 2. The summed E-state index contributed by atoms with van der Waals surface area (Å²) in [5, 5.41) is 15.0. The molecule has 1 heterocycles. The zero-order chi connectivity index (χ0) is 15.4. The molecule has 2 aromatic rings. The van der Waals surface area contributed by atoms with E-state index in [1.165, 1.54) is 12.1 Å². The molecule has 0 saturated heterocycles. The van der Waals surface area contributed by atoms with Crippen molar-refractivity contribution in [3.05, 3.63) is 50.6 Å². The van der Waals surface area contributed by atoms with E-state index in [4.69, 9.17) is 11.6 Å². The maximum atomic E-state index is 13.4. The molecule has 0 radical (unpaired) electrons. The van der Waals surface area contributed by atoms with Crippen LogP contribution in [0.5, 0.6) is 0 Å². The van der Waals surface area contributed by atoms with E-state index in [2.05, 4.69) is 5.32 Å². The van der Waals surface area contributed by atoms with Gasteiger partial charge in [-0.25, -0.2) is 4.39 Å². The Morgan fingerprint density at radius 1 is 1.48 bits per heavy atom. The maximum absolute atomic E-state index is 13.4. The van der Waals surface area contributed by atoms with Gasteiger partial charge in [-0.15, -0.1) is 11.8 Å². The predicted octanol–water partition coefficient (Wildman–Crippen LogP) is 4.18. The minimum absolute atomic E-state index is 0.0123. The van der Waals surface area contributed by atoms with Gasteiger partial charge < -0.3 is 5.32 Å². The number of carbonyl (C=O) groups is 1. The Balaban J connectivity index is 1.98. The van der Waals surface area contributed by atoms with E-state index >= 15 is 0 Å². The molecule has 0 aliphatic heterocycles. The number of amides is 1. The Kier molecular flexibility index (Phi) is 5.16. The van der Waals surface area contributed by atoms with Crippen molar-refractivity contribution < 1.29 is 14.1 Å². The van der Waals surface area contributed by atoms with Crippen molar-refractivity contribution in [3.63, 3.8) is 0 Å². The number of nitrogens with one attached hydrogen (secondary N) is 1. The average Bonchev–Trinajstić information content (AvgIpc) is 2.89. The molecule has 2 rings (SSSR count). The van der Waals surface area contributed by atoms with Gasteiger partial charge in [-0.05, 0) is 29.6 Å². The van der Waals surface area contributed by atoms with E-state index in [1.54, 1.807) is 11.4 Å². The van der Waals surface area contributed by atoms with E-state index < -0.39 is 16.6 Å². The van der Waals surface area contributed by atoms with Crippen LogP contribution in [0.3, 0.4) is 0 Å². The third-order valence-corrected chi connectivity index (χ3v) is 4.61. The zero-order valence-electron chi connectivity index (χ0n) is 10.3. The highest BCUT2D eigenvalue weighted by Crippen LogP contribution is 2.34. The molecule has 110 valence electrons. The van der Waals surface area contributed by atoms with Gasteiger partial charge in [0.2, 0.25) is 5.91 Å². The molecule has 0 saturated carbocycles. The fraction of sp³-hybridized carbons (Fsp3) is 0.0833. The lowest BCUT2D eigenvalue weighted by Gasteiger charge is -2.06. The van der Waals surface area contributed by atoms with Crippen LogP contribution in [0.25, 0.3) is 0 Å². The van der Waals surface area contributed by atoms with Crippen molar-refractivity contribution in [2.45, 2.75) is 4.90 Å². The van der Waals surface area contributed by atoms with Crippen LogP contribution < -0.4 is 5.32 Å². The number of nitrogens with zero attached hydrogens (tertiary/aromatic N) is 1. The molecular weight excluding hydrogens is 339 g/mol. The molecule has 0 fully saturated rings. The summed E-state index contributed by atoms with van der Waals surface area (Å²) >= 11 is 7.73. The first-order valence-electron chi connectivity index (χ1n) is 5.57. The molecule has 5 nitrogen and oxygen atoms in total. The Hall–Kier alpha value is -1.64. The third-order valence-electron chi connectivity index (χ3n) is 2.34. The fourth-order valence-corrected chi connectivity index (χ4v) is 3.36. The van der Waals surface area contributed by atoms with Gasteiger partial charge in [0.05, 0.1) is 21.3 Å². The second kappa shape index (κ2) is 6.88. The number of nitro groups is 1. The quantitative estimate of drug-likeness (QED) is 0.501. The Labute approximate surface area is 132 Å². The first-order chi connectivity index (χ1) is 9.97. The number of benzene rings is 1. The SMILES string of the molecule is O=C(CSc1ccsc1[N+](=O)[O-])Nc1cc(Cl)ccc1F. The van der Waals surface area contributed by atoms with Gasteiger partial charge >= 0.3 is 5.00 Å². The largest absolute Gasteiger partial charge is 0.337 e. The Morgan fingerprint density at radius 2 is 2.24 bits per heavy atom. The number of hydrogen-bond acceptors (Lipinski definition) is 5. The maximum Gasteiger partial charge on any atom is 0.337 e. The van der Waals surface area contributed by atoms with Crippen LogP contribution in [0.2, 0.25) is 5.02 Å². The lowest BCUT2D eigenvalue weighted by molar-refractivity contribution is -0.382. The summed E-state index contributed by atoms with van der Waals surface area (Å²) in [7, 11) is 0. The molecule has 9 heteroatoms. The van der Waals surface area contributed by atoms with Crippen molar-refractivity contribution in [2.75, 3.05) is 11.1 Å². The van der Waals surface area contributed by atoms with Crippen molar-refractivity contribution in [2.24, 2.45) is 0 Å². The van der Waals surface area contributed by atoms with Gasteiger partial charge in [0.1, 0.15) is 5.82 Å². The number of rotatable bonds is 5. The van der Waals surface area contributed by atoms with E-state index in [0.717, 1.165) is 29.2 Å². The van der Waals surface area contributed by atoms with Gasteiger partial charge in [-0.2, -0.15) is 0 Å². The van der Waals surface area contributed by atoms with Crippen LogP contribution >= 0.6 is 34.7 Å². The lowest BCUT2D eigenvalue weighted by Crippen LogP contribution is -2.15. The van der Waals surface area contributed by atoms with Crippen LogP contribution in [-0.4, -0.2) is 16.6 Å². The van der Waals surface area contributed by atoms with E-state index in [1.807, 2.05) is 0 Å². The van der Waals surface area contributed by atoms with E-state index in [-0.39, 0.29) is 16.4 Å². The van der Waals surface area contributed by atoms with Crippen LogP contribution in [0, 0.1) is 15.9 Å². The van der Waals surface area contributed by atoms with Crippen LogP contribution in [0.15, 0.2) is 34.5 Å². The molecular formula is C12H8ClFN2O3S2. The molecule has 1 N–H and O–H groups in total. The number of anilines is 1. The van der Waals surface area contributed by atoms with Gasteiger partial charge in [0.15, 0.2) is 0 Å². The van der Waals surface area contributed by atoms with Gasteiger partial charge in [0, 0.05) is 5.02 Å².